The number of rotatable bonds is 9. The summed E-state index contributed by atoms with van der Waals surface area (Å²) in [4.78, 5) is 12.9. The third kappa shape index (κ3) is 5.08. The highest BCUT2D eigenvalue weighted by molar-refractivity contribution is 5.84. The van der Waals surface area contributed by atoms with E-state index in [0.717, 1.165) is 57.1 Å². The van der Waals surface area contributed by atoms with Gasteiger partial charge in [0.25, 0.3) is 0 Å². The van der Waals surface area contributed by atoms with Crippen LogP contribution < -0.4 is 0 Å². The first-order valence-corrected chi connectivity index (χ1v) is 12.2. The van der Waals surface area contributed by atoms with Crippen molar-refractivity contribution in [3.05, 3.63) is 29.3 Å². The molecule has 5 atom stereocenters. The largest absolute Gasteiger partial charge is 0.508 e. The van der Waals surface area contributed by atoms with Gasteiger partial charge in [-0.25, -0.2) is 0 Å². The first-order chi connectivity index (χ1) is 14.7. The Balaban J connectivity index is 1.37. The number of benzene rings is 1. The van der Waals surface area contributed by atoms with Crippen LogP contribution in [0, 0.1) is 17.8 Å². The van der Waals surface area contributed by atoms with Gasteiger partial charge < -0.3 is 14.6 Å². The zero-order valence-corrected chi connectivity index (χ0v) is 18.5. The molecule has 0 radical (unpaired) electrons. The number of aromatic hydroxyl groups is 1. The van der Waals surface area contributed by atoms with Crippen LogP contribution in [0.5, 0.6) is 5.75 Å². The van der Waals surface area contributed by atoms with Crippen molar-refractivity contribution in [2.45, 2.75) is 96.4 Å². The molecule has 1 heterocycles. The van der Waals surface area contributed by atoms with E-state index in [1.807, 2.05) is 6.07 Å². The van der Waals surface area contributed by atoms with Crippen molar-refractivity contribution in [3.63, 3.8) is 0 Å². The van der Waals surface area contributed by atoms with Crippen molar-refractivity contribution in [3.8, 4) is 5.75 Å². The van der Waals surface area contributed by atoms with Crippen LogP contribution in [0.4, 0.5) is 0 Å². The van der Waals surface area contributed by atoms with Gasteiger partial charge in [0.1, 0.15) is 11.5 Å². The predicted molar refractivity (Wildman–Crippen MR) is 117 cm³/mol. The van der Waals surface area contributed by atoms with Crippen molar-refractivity contribution in [1.82, 2.24) is 0 Å². The fourth-order valence-corrected chi connectivity index (χ4v) is 5.90. The lowest BCUT2D eigenvalue weighted by Gasteiger charge is -2.32. The molecule has 0 aromatic heterocycles. The molecule has 4 heteroatoms. The Bertz CT molecular complexity index is 709. The Hall–Kier alpha value is -1.39. The summed E-state index contributed by atoms with van der Waals surface area (Å²) in [5, 5.41) is 10.2. The number of hydrogen-bond acceptors (Lipinski definition) is 4. The van der Waals surface area contributed by atoms with Gasteiger partial charge in [0.15, 0.2) is 6.29 Å². The van der Waals surface area contributed by atoms with Gasteiger partial charge in [-0.3, -0.25) is 4.79 Å². The summed E-state index contributed by atoms with van der Waals surface area (Å²) >= 11 is 0. The number of ether oxygens (including phenoxy) is 2. The summed E-state index contributed by atoms with van der Waals surface area (Å²) in [6.07, 6.45) is 12.5. The molecule has 4 nitrogen and oxygen atoms in total. The van der Waals surface area contributed by atoms with Gasteiger partial charge in [-0.15, -0.1) is 0 Å². The molecule has 1 saturated heterocycles. The number of phenolic OH excluding ortho intramolecular Hbond substituents is 1. The molecule has 1 aliphatic heterocycles. The number of hydrogen-bond donors (Lipinski definition) is 1. The molecule has 0 spiro atoms. The molecule has 166 valence electrons. The summed E-state index contributed by atoms with van der Waals surface area (Å²) in [5.41, 5.74) is 2.31. The SMILES string of the molecule is CCCCC[C@@H](CC[C@H]1C(=O)C[C@@H]2Cc3c(O)cccc3C[C@@H]21)OC1CCCCO1. The van der Waals surface area contributed by atoms with Gasteiger partial charge >= 0.3 is 0 Å². The molecule has 1 aromatic carbocycles. The Kier molecular flexibility index (Phi) is 7.48. The van der Waals surface area contributed by atoms with E-state index < -0.39 is 0 Å². The Labute approximate surface area is 181 Å². The highest BCUT2D eigenvalue weighted by Crippen LogP contribution is 2.46. The van der Waals surface area contributed by atoms with E-state index in [2.05, 4.69) is 13.0 Å². The second-order valence-corrected chi connectivity index (χ2v) is 9.65. The minimum atomic E-state index is -0.0538. The number of fused-ring (bicyclic) bond motifs is 2. The zero-order valence-electron chi connectivity index (χ0n) is 18.5. The minimum Gasteiger partial charge on any atom is -0.508 e. The van der Waals surface area contributed by atoms with Crippen LogP contribution in [-0.4, -0.2) is 29.9 Å². The monoisotopic (exact) mass is 414 g/mol. The van der Waals surface area contributed by atoms with E-state index >= 15 is 0 Å². The van der Waals surface area contributed by atoms with Gasteiger partial charge in [0.05, 0.1) is 6.10 Å². The number of Topliss-reactive ketones (excluding diaryl/α,β-unsaturated/α-hetero) is 1. The number of unbranched alkanes of at least 4 members (excludes halogenated alkanes) is 2. The van der Waals surface area contributed by atoms with Crippen molar-refractivity contribution in [2.75, 3.05) is 6.61 Å². The lowest BCUT2D eigenvalue weighted by atomic mass is 9.73. The third-order valence-electron chi connectivity index (χ3n) is 7.58. The predicted octanol–water partition coefficient (Wildman–Crippen LogP) is 5.58. The topological polar surface area (TPSA) is 55.8 Å². The summed E-state index contributed by atoms with van der Waals surface area (Å²) in [6.45, 7) is 3.04. The maximum atomic E-state index is 12.9. The van der Waals surface area contributed by atoms with Crippen molar-refractivity contribution < 1.29 is 19.4 Å². The van der Waals surface area contributed by atoms with Gasteiger partial charge in [0, 0.05) is 18.9 Å². The van der Waals surface area contributed by atoms with Crippen LogP contribution in [0.3, 0.4) is 0 Å². The quantitative estimate of drug-likeness (QED) is 0.536. The van der Waals surface area contributed by atoms with Crippen LogP contribution in [0.2, 0.25) is 0 Å². The molecule has 0 amide bonds. The lowest BCUT2D eigenvalue weighted by Crippen LogP contribution is -2.30. The number of ketones is 1. The van der Waals surface area contributed by atoms with Crippen LogP contribution in [0.25, 0.3) is 0 Å². The Morgan fingerprint density at radius 2 is 2.07 bits per heavy atom. The normalized spacial score (nSPS) is 29.4. The van der Waals surface area contributed by atoms with E-state index in [9.17, 15) is 9.90 Å². The van der Waals surface area contributed by atoms with Gasteiger partial charge in [0.2, 0.25) is 0 Å². The molecule has 1 aromatic rings. The standard InChI is InChI=1S/C26H38O4/c1-2-3-4-9-20(30-26-11-5-6-14-29-26)12-13-21-22-15-18-8-7-10-24(27)23(18)16-19(22)17-25(21)28/h7-8,10,19-22,26-27H,2-6,9,11-17H2,1H3/t19-,20-,21+,22-,26?/m0/s1. The summed E-state index contributed by atoms with van der Waals surface area (Å²) in [5.74, 6) is 1.80. The molecule has 1 saturated carbocycles. The van der Waals surface area contributed by atoms with E-state index in [1.165, 1.54) is 31.2 Å². The van der Waals surface area contributed by atoms with Crippen molar-refractivity contribution in [2.24, 2.45) is 17.8 Å². The molecule has 1 N–H and O–H groups in total. The highest BCUT2D eigenvalue weighted by Gasteiger charge is 2.44. The maximum absolute atomic E-state index is 12.9. The fourth-order valence-electron chi connectivity index (χ4n) is 5.90. The second kappa shape index (κ2) is 10.3. The number of phenols is 1. The molecule has 1 unspecified atom stereocenters. The average Bonchev–Trinajstić information content (AvgIpc) is 3.06. The Morgan fingerprint density at radius 1 is 1.17 bits per heavy atom. The smallest absolute Gasteiger partial charge is 0.157 e. The number of carbonyl (C=O) groups excluding carboxylic acids is 1. The second-order valence-electron chi connectivity index (χ2n) is 9.65. The average molecular weight is 415 g/mol. The molecule has 4 rings (SSSR count). The van der Waals surface area contributed by atoms with E-state index in [-0.39, 0.29) is 18.3 Å². The van der Waals surface area contributed by atoms with E-state index in [0.29, 0.717) is 29.8 Å². The maximum Gasteiger partial charge on any atom is 0.157 e. The van der Waals surface area contributed by atoms with Gasteiger partial charge in [-0.1, -0.05) is 38.3 Å². The molecular weight excluding hydrogens is 376 g/mol. The summed E-state index contributed by atoms with van der Waals surface area (Å²) < 4.78 is 12.2. The van der Waals surface area contributed by atoms with Crippen LogP contribution in [-0.2, 0) is 27.1 Å². The minimum absolute atomic E-state index is 0.0538. The van der Waals surface area contributed by atoms with Crippen LogP contribution in [0.1, 0.15) is 82.3 Å². The van der Waals surface area contributed by atoms with E-state index in [1.54, 1.807) is 6.07 Å². The molecule has 30 heavy (non-hydrogen) atoms. The van der Waals surface area contributed by atoms with E-state index in [4.69, 9.17) is 9.47 Å². The molecule has 2 aliphatic carbocycles. The Morgan fingerprint density at radius 3 is 2.87 bits per heavy atom. The molecule has 2 fully saturated rings. The zero-order chi connectivity index (χ0) is 20.9. The molecular formula is C26H38O4. The highest BCUT2D eigenvalue weighted by atomic mass is 16.7. The fraction of sp³-hybridized carbons (Fsp3) is 0.731. The van der Waals surface area contributed by atoms with Crippen molar-refractivity contribution in [1.29, 1.82) is 0 Å². The van der Waals surface area contributed by atoms with Gasteiger partial charge in [-0.2, -0.15) is 0 Å². The van der Waals surface area contributed by atoms with Gasteiger partial charge in [-0.05, 0) is 80.4 Å². The molecule has 3 aliphatic rings. The van der Waals surface area contributed by atoms with Crippen LogP contribution in [0.15, 0.2) is 18.2 Å². The molecule has 0 bridgehead atoms. The number of carbonyl (C=O) groups is 1. The lowest BCUT2D eigenvalue weighted by molar-refractivity contribution is -0.191. The van der Waals surface area contributed by atoms with Crippen LogP contribution >= 0.6 is 0 Å². The third-order valence-corrected chi connectivity index (χ3v) is 7.58. The first kappa shape index (κ1) is 21.8. The summed E-state index contributed by atoms with van der Waals surface area (Å²) in [7, 11) is 0. The first-order valence-electron chi connectivity index (χ1n) is 12.2. The van der Waals surface area contributed by atoms with Crippen molar-refractivity contribution >= 4 is 5.78 Å². The summed E-state index contributed by atoms with van der Waals surface area (Å²) in [6, 6.07) is 5.84.